The molecule has 3 nitrogen and oxygen atoms in total. The molecule has 0 saturated carbocycles. The number of ether oxygens (including phenoxy) is 1. The summed E-state index contributed by atoms with van der Waals surface area (Å²) >= 11 is 12.0. The van der Waals surface area contributed by atoms with Crippen LogP contribution in [0.3, 0.4) is 0 Å². The van der Waals surface area contributed by atoms with Crippen molar-refractivity contribution in [2.45, 2.75) is 13.8 Å². The lowest BCUT2D eigenvalue weighted by molar-refractivity contribution is -0.138. The van der Waals surface area contributed by atoms with Crippen LogP contribution in [0.1, 0.15) is 18.1 Å². The zero-order valence-electron chi connectivity index (χ0n) is 9.59. The Hall–Kier alpha value is -1.19. The minimum atomic E-state index is -0.569. The van der Waals surface area contributed by atoms with Crippen LogP contribution in [0.2, 0.25) is 10.0 Å². The maximum atomic E-state index is 11.3. The molecule has 0 aromatic heterocycles. The van der Waals surface area contributed by atoms with E-state index >= 15 is 0 Å². The molecular weight excluding hydrogens is 261 g/mol. The second-order valence-corrected chi connectivity index (χ2v) is 4.18. The lowest BCUT2D eigenvalue weighted by Crippen LogP contribution is -2.14. The van der Waals surface area contributed by atoms with E-state index in [1.807, 2.05) is 6.92 Å². The highest BCUT2D eigenvalue weighted by Crippen LogP contribution is 2.30. The van der Waals surface area contributed by atoms with E-state index in [1.54, 1.807) is 19.1 Å². The van der Waals surface area contributed by atoms with Gasteiger partial charge in [-0.2, -0.15) is 0 Å². The van der Waals surface area contributed by atoms with Crippen LogP contribution in [0, 0.1) is 6.92 Å². The second kappa shape index (κ2) is 5.94. The number of esters is 1. The number of rotatable bonds is 3. The van der Waals surface area contributed by atoms with Gasteiger partial charge in [-0.15, -0.1) is 0 Å². The summed E-state index contributed by atoms with van der Waals surface area (Å²) in [7, 11) is 0. The maximum absolute atomic E-state index is 11.3. The van der Waals surface area contributed by atoms with Gasteiger partial charge in [-0.05, 0) is 31.1 Å². The molecular formula is C12H13Cl2NO2. The SMILES string of the molecule is CCOC(=O)/C(N)=C/c1ccc(C)c(Cl)c1Cl. The molecule has 0 saturated heterocycles. The molecule has 5 heteroatoms. The molecule has 0 spiro atoms. The van der Waals surface area contributed by atoms with Crippen LogP contribution in [0.4, 0.5) is 0 Å². The lowest BCUT2D eigenvalue weighted by atomic mass is 10.1. The van der Waals surface area contributed by atoms with Crippen molar-refractivity contribution in [2.75, 3.05) is 6.61 Å². The van der Waals surface area contributed by atoms with Crippen molar-refractivity contribution < 1.29 is 9.53 Å². The van der Waals surface area contributed by atoms with Crippen molar-refractivity contribution in [2.24, 2.45) is 5.73 Å². The van der Waals surface area contributed by atoms with Crippen molar-refractivity contribution in [1.29, 1.82) is 0 Å². The number of benzene rings is 1. The van der Waals surface area contributed by atoms with E-state index in [4.69, 9.17) is 33.7 Å². The number of carbonyl (C=O) groups excluding carboxylic acids is 1. The van der Waals surface area contributed by atoms with E-state index in [2.05, 4.69) is 0 Å². The molecule has 0 aliphatic rings. The number of hydrogen-bond donors (Lipinski definition) is 1. The van der Waals surface area contributed by atoms with Gasteiger partial charge in [0.05, 0.1) is 16.7 Å². The Morgan fingerprint density at radius 2 is 2.06 bits per heavy atom. The summed E-state index contributed by atoms with van der Waals surface area (Å²) in [5.74, 6) is -0.569. The third-order valence-electron chi connectivity index (χ3n) is 2.13. The normalized spacial score (nSPS) is 11.4. The van der Waals surface area contributed by atoms with Gasteiger partial charge in [0.2, 0.25) is 0 Å². The molecule has 92 valence electrons. The average molecular weight is 274 g/mol. The Morgan fingerprint density at radius 3 is 2.65 bits per heavy atom. The highest BCUT2D eigenvalue weighted by atomic mass is 35.5. The molecule has 17 heavy (non-hydrogen) atoms. The molecule has 0 unspecified atom stereocenters. The van der Waals surface area contributed by atoms with Gasteiger partial charge in [0.15, 0.2) is 0 Å². The Morgan fingerprint density at radius 1 is 1.41 bits per heavy atom. The maximum Gasteiger partial charge on any atom is 0.354 e. The molecule has 0 atom stereocenters. The quantitative estimate of drug-likeness (QED) is 0.680. The van der Waals surface area contributed by atoms with Crippen LogP contribution in [-0.4, -0.2) is 12.6 Å². The largest absolute Gasteiger partial charge is 0.461 e. The molecule has 0 heterocycles. The molecule has 0 radical (unpaired) electrons. The number of hydrogen-bond acceptors (Lipinski definition) is 3. The van der Waals surface area contributed by atoms with Gasteiger partial charge in [-0.1, -0.05) is 35.3 Å². The molecule has 0 fully saturated rings. The summed E-state index contributed by atoms with van der Waals surface area (Å²) in [5, 5.41) is 0.830. The summed E-state index contributed by atoms with van der Waals surface area (Å²) in [6, 6.07) is 3.55. The third kappa shape index (κ3) is 3.38. The Balaban J connectivity index is 3.06. The first-order valence-corrected chi connectivity index (χ1v) is 5.81. The van der Waals surface area contributed by atoms with Crippen molar-refractivity contribution in [3.05, 3.63) is 39.0 Å². The number of nitrogens with two attached hydrogens (primary N) is 1. The van der Waals surface area contributed by atoms with Crippen LogP contribution in [0.5, 0.6) is 0 Å². The Labute approximate surface area is 110 Å². The highest BCUT2D eigenvalue weighted by Gasteiger charge is 2.09. The smallest absolute Gasteiger partial charge is 0.354 e. The zero-order chi connectivity index (χ0) is 13.0. The highest BCUT2D eigenvalue weighted by molar-refractivity contribution is 6.43. The predicted molar refractivity (Wildman–Crippen MR) is 70.0 cm³/mol. The third-order valence-corrected chi connectivity index (χ3v) is 3.12. The van der Waals surface area contributed by atoms with Crippen molar-refractivity contribution in [3.63, 3.8) is 0 Å². The first-order chi connectivity index (χ1) is 7.97. The molecule has 0 aliphatic carbocycles. The Bertz CT molecular complexity index is 470. The van der Waals surface area contributed by atoms with E-state index in [9.17, 15) is 4.79 Å². The predicted octanol–water partition coefficient (Wildman–Crippen LogP) is 3.16. The summed E-state index contributed by atoms with van der Waals surface area (Å²) < 4.78 is 4.76. The molecule has 0 aliphatic heterocycles. The summed E-state index contributed by atoms with van der Waals surface area (Å²) in [5.41, 5.74) is 7.03. The second-order valence-electron chi connectivity index (χ2n) is 3.42. The van der Waals surface area contributed by atoms with Crippen molar-refractivity contribution in [1.82, 2.24) is 0 Å². The minimum Gasteiger partial charge on any atom is -0.461 e. The van der Waals surface area contributed by atoms with Gasteiger partial charge in [0.1, 0.15) is 5.70 Å². The Kier molecular flexibility index (Phi) is 4.85. The lowest BCUT2D eigenvalue weighted by Gasteiger charge is -2.06. The van der Waals surface area contributed by atoms with Gasteiger partial charge in [-0.3, -0.25) is 0 Å². The van der Waals surface area contributed by atoms with E-state index < -0.39 is 5.97 Å². The van der Waals surface area contributed by atoms with Gasteiger partial charge >= 0.3 is 5.97 Å². The van der Waals surface area contributed by atoms with Crippen LogP contribution in [0.25, 0.3) is 6.08 Å². The average Bonchev–Trinajstić information content (AvgIpc) is 2.30. The number of carbonyl (C=O) groups is 1. The van der Waals surface area contributed by atoms with E-state index in [-0.39, 0.29) is 12.3 Å². The molecule has 2 N–H and O–H groups in total. The summed E-state index contributed by atoms with van der Waals surface area (Å²) in [6.45, 7) is 3.83. The van der Waals surface area contributed by atoms with Crippen LogP contribution in [-0.2, 0) is 9.53 Å². The van der Waals surface area contributed by atoms with Crippen molar-refractivity contribution in [3.8, 4) is 0 Å². The van der Waals surface area contributed by atoms with E-state index in [1.165, 1.54) is 6.08 Å². The summed E-state index contributed by atoms with van der Waals surface area (Å²) in [6.07, 6.45) is 1.45. The standard InChI is InChI=1S/C12H13Cl2NO2/c1-3-17-12(16)9(15)6-8-5-4-7(2)10(13)11(8)14/h4-6H,3,15H2,1-2H3/b9-6-. The minimum absolute atomic E-state index is 0.00586. The monoisotopic (exact) mass is 273 g/mol. The van der Waals surface area contributed by atoms with Crippen molar-refractivity contribution >= 4 is 35.2 Å². The molecule has 1 aromatic carbocycles. The fourth-order valence-corrected chi connectivity index (χ4v) is 1.65. The molecule has 0 amide bonds. The fraction of sp³-hybridized carbons (Fsp3) is 0.250. The summed E-state index contributed by atoms with van der Waals surface area (Å²) in [4.78, 5) is 11.3. The first kappa shape index (κ1) is 13.9. The van der Waals surface area contributed by atoms with Crippen LogP contribution >= 0.6 is 23.2 Å². The molecule has 1 aromatic rings. The van der Waals surface area contributed by atoms with E-state index in [0.717, 1.165) is 5.56 Å². The van der Waals surface area contributed by atoms with Gasteiger partial charge in [0, 0.05) is 0 Å². The van der Waals surface area contributed by atoms with E-state index in [0.29, 0.717) is 15.6 Å². The van der Waals surface area contributed by atoms with Gasteiger partial charge in [0.25, 0.3) is 0 Å². The van der Waals surface area contributed by atoms with Crippen LogP contribution in [0.15, 0.2) is 17.8 Å². The molecule has 0 bridgehead atoms. The molecule has 1 rings (SSSR count). The first-order valence-electron chi connectivity index (χ1n) is 5.06. The number of halogens is 2. The topological polar surface area (TPSA) is 52.3 Å². The van der Waals surface area contributed by atoms with Gasteiger partial charge < -0.3 is 10.5 Å². The van der Waals surface area contributed by atoms with Crippen LogP contribution < -0.4 is 5.73 Å². The number of aryl methyl sites for hydroxylation is 1. The van der Waals surface area contributed by atoms with Gasteiger partial charge in [-0.25, -0.2) is 4.79 Å². The fourth-order valence-electron chi connectivity index (χ4n) is 1.21. The zero-order valence-corrected chi connectivity index (χ0v) is 11.1.